The first kappa shape index (κ1) is 13.5. The minimum Gasteiger partial charge on any atom is -0.497 e. The van der Waals surface area contributed by atoms with E-state index in [4.69, 9.17) is 4.74 Å². The van der Waals surface area contributed by atoms with Gasteiger partial charge in [0.05, 0.1) is 12.5 Å². The van der Waals surface area contributed by atoms with E-state index in [-0.39, 0.29) is 5.56 Å². The molecule has 3 aromatic rings. The predicted molar refractivity (Wildman–Crippen MR) is 84.0 cm³/mol. The van der Waals surface area contributed by atoms with Crippen LogP contribution in [0.25, 0.3) is 10.2 Å². The second-order valence-electron chi connectivity index (χ2n) is 4.38. The average Bonchev–Trinajstić information content (AvgIpc) is 2.53. The zero-order valence-electron chi connectivity index (χ0n) is 11.4. The first-order valence-corrected chi connectivity index (χ1v) is 7.20. The van der Waals surface area contributed by atoms with Crippen LogP contribution in [-0.2, 0) is 6.54 Å². The van der Waals surface area contributed by atoms with Gasteiger partial charge in [-0.15, -0.1) is 0 Å². The van der Waals surface area contributed by atoms with Gasteiger partial charge < -0.3 is 10.1 Å². The third-order valence-corrected chi connectivity index (χ3v) is 3.95. The zero-order valence-corrected chi connectivity index (χ0v) is 12.2. The summed E-state index contributed by atoms with van der Waals surface area (Å²) in [4.78, 5) is 20.8. The third kappa shape index (κ3) is 3.00. The maximum atomic E-state index is 11.9. The fraction of sp³-hybridized carbons (Fsp3) is 0.133. The number of rotatable bonds is 4. The molecule has 0 aliphatic rings. The van der Waals surface area contributed by atoms with Crippen molar-refractivity contribution in [2.45, 2.75) is 6.54 Å². The lowest BCUT2D eigenvalue weighted by molar-refractivity contribution is 0.414. The lowest BCUT2D eigenvalue weighted by atomic mass is 10.2. The summed E-state index contributed by atoms with van der Waals surface area (Å²) in [7, 11) is 1.64. The smallest absolute Gasteiger partial charge is 0.282 e. The summed E-state index contributed by atoms with van der Waals surface area (Å²) in [5.41, 5.74) is 0.826. The molecule has 0 spiro atoms. The van der Waals surface area contributed by atoms with Crippen molar-refractivity contribution in [2.24, 2.45) is 0 Å². The van der Waals surface area contributed by atoms with Gasteiger partial charge in [0, 0.05) is 12.7 Å². The molecule has 0 amide bonds. The molecule has 6 heteroatoms. The average molecular weight is 299 g/mol. The van der Waals surface area contributed by atoms with Crippen molar-refractivity contribution in [3.63, 3.8) is 0 Å². The fourth-order valence-electron chi connectivity index (χ4n) is 1.90. The first-order chi connectivity index (χ1) is 10.3. The Balaban J connectivity index is 1.80. The summed E-state index contributed by atoms with van der Waals surface area (Å²) in [6.07, 6.45) is 1.67. The SMILES string of the molecule is COc1ccc(CNc2nc(=O)c3cccnc3s2)cc1. The van der Waals surface area contributed by atoms with Crippen molar-refractivity contribution < 1.29 is 4.74 Å². The molecule has 21 heavy (non-hydrogen) atoms. The lowest BCUT2D eigenvalue weighted by Gasteiger charge is -2.06. The van der Waals surface area contributed by atoms with E-state index in [1.54, 1.807) is 25.4 Å². The molecule has 0 saturated carbocycles. The Bertz CT molecular complexity index is 815. The monoisotopic (exact) mass is 299 g/mol. The van der Waals surface area contributed by atoms with Gasteiger partial charge in [-0.25, -0.2) is 4.98 Å². The van der Waals surface area contributed by atoms with Gasteiger partial charge >= 0.3 is 0 Å². The molecule has 0 fully saturated rings. The van der Waals surface area contributed by atoms with Gasteiger partial charge in [-0.05, 0) is 29.8 Å². The number of nitrogens with zero attached hydrogens (tertiary/aromatic N) is 2. The van der Waals surface area contributed by atoms with Crippen LogP contribution in [0.5, 0.6) is 5.75 Å². The molecule has 0 radical (unpaired) electrons. The largest absolute Gasteiger partial charge is 0.497 e. The second kappa shape index (κ2) is 5.88. The van der Waals surface area contributed by atoms with Crippen LogP contribution in [-0.4, -0.2) is 17.1 Å². The molecule has 1 N–H and O–H groups in total. The molecule has 3 rings (SSSR count). The number of aromatic nitrogens is 2. The predicted octanol–water partition coefficient (Wildman–Crippen LogP) is 2.67. The molecular weight excluding hydrogens is 286 g/mol. The quantitative estimate of drug-likeness (QED) is 0.802. The number of hydrogen-bond acceptors (Lipinski definition) is 6. The minimum atomic E-state index is -0.255. The van der Waals surface area contributed by atoms with E-state index < -0.39 is 0 Å². The van der Waals surface area contributed by atoms with Crippen LogP contribution in [0.2, 0.25) is 0 Å². The van der Waals surface area contributed by atoms with Gasteiger partial charge in [0.2, 0.25) is 0 Å². The molecule has 0 aliphatic carbocycles. The summed E-state index contributed by atoms with van der Waals surface area (Å²) >= 11 is 1.37. The molecule has 0 atom stereocenters. The van der Waals surface area contributed by atoms with Crippen LogP contribution < -0.4 is 15.6 Å². The summed E-state index contributed by atoms with van der Waals surface area (Å²) in [6, 6.07) is 11.2. The van der Waals surface area contributed by atoms with Crippen LogP contribution in [0.4, 0.5) is 5.13 Å². The Labute approximate surface area is 125 Å². The molecule has 0 aliphatic heterocycles. The zero-order chi connectivity index (χ0) is 14.7. The topological polar surface area (TPSA) is 64.1 Å². The highest BCUT2D eigenvalue weighted by atomic mass is 32.1. The number of pyridine rings is 1. The van der Waals surface area contributed by atoms with Crippen LogP contribution in [0.15, 0.2) is 47.4 Å². The molecule has 2 heterocycles. The number of fused-ring (bicyclic) bond motifs is 1. The third-order valence-electron chi connectivity index (χ3n) is 3.00. The molecule has 0 bridgehead atoms. The van der Waals surface area contributed by atoms with E-state index in [1.807, 2.05) is 24.3 Å². The minimum absolute atomic E-state index is 0.255. The maximum Gasteiger partial charge on any atom is 0.282 e. The van der Waals surface area contributed by atoms with Crippen LogP contribution in [0.1, 0.15) is 5.56 Å². The maximum absolute atomic E-state index is 11.9. The van der Waals surface area contributed by atoms with E-state index in [0.29, 0.717) is 21.9 Å². The van der Waals surface area contributed by atoms with Crippen molar-refractivity contribution in [2.75, 3.05) is 12.4 Å². The van der Waals surface area contributed by atoms with E-state index >= 15 is 0 Å². The number of methoxy groups -OCH3 is 1. The van der Waals surface area contributed by atoms with Crippen LogP contribution >= 0.6 is 11.3 Å². The van der Waals surface area contributed by atoms with Gasteiger partial charge in [-0.2, -0.15) is 4.98 Å². The van der Waals surface area contributed by atoms with Crippen LogP contribution in [0.3, 0.4) is 0 Å². The van der Waals surface area contributed by atoms with E-state index in [9.17, 15) is 4.79 Å². The van der Waals surface area contributed by atoms with E-state index in [1.165, 1.54) is 11.3 Å². The first-order valence-electron chi connectivity index (χ1n) is 6.39. The Morgan fingerprint density at radius 2 is 2.05 bits per heavy atom. The van der Waals surface area contributed by atoms with Crippen molar-refractivity contribution in [1.29, 1.82) is 0 Å². The number of benzene rings is 1. The van der Waals surface area contributed by atoms with Crippen molar-refractivity contribution in [3.8, 4) is 5.75 Å². The fourth-order valence-corrected chi connectivity index (χ4v) is 2.73. The van der Waals surface area contributed by atoms with Crippen molar-refractivity contribution >= 4 is 26.7 Å². The molecule has 2 aromatic heterocycles. The number of anilines is 1. The highest BCUT2D eigenvalue weighted by Gasteiger charge is 2.04. The Hall–Kier alpha value is -2.47. The molecule has 0 unspecified atom stereocenters. The van der Waals surface area contributed by atoms with Gasteiger partial charge in [0.15, 0.2) is 5.13 Å². The highest BCUT2D eigenvalue weighted by Crippen LogP contribution is 2.19. The normalized spacial score (nSPS) is 10.5. The summed E-state index contributed by atoms with van der Waals surface area (Å²) in [5, 5.41) is 4.28. The molecule has 0 saturated heterocycles. The number of nitrogens with one attached hydrogen (secondary N) is 1. The number of ether oxygens (including phenoxy) is 1. The summed E-state index contributed by atoms with van der Waals surface area (Å²) < 4.78 is 5.12. The second-order valence-corrected chi connectivity index (χ2v) is 5.36. The molecular formula is C15H13N3O2S. The van der Waals surface area contributed by atoms with Crippen molar-refractivity contribution in [3.05, 3.63) is 58.5 Å². The van der Waals surface area contributed by atoms with Gasteiger partial charge in [-0.1, -0.05) is 23.5 Å². The van der Waals surface area contributed by atoms with E-state index in [0.717, 1.165) is 11.3 Å². The lowest BCUT2D eigenvalue weighted by Crippen LogP contribution is -2.10. The van der Waals surface area contributed by atoms with Crippen molar-refractivity contribution in [1.82, 2.24) is 9.97 Å². The standard InChI is InChI=1S/C15H13N3O2S/c1-20-11-6-4-10(5-7-11)9-17-15-18-13(19)12-3-2-8-16-14(12)21-15/h2-8H,9H2,1H3,(H,17,18,19). The summed E-state index contributed by atoms with van der Waals surface area (Å²) in [6.45, 7) is 0.589. The molecule has 5 nitrogen and oxygen atoms in total. The van der Waals surface area contributed by atoms with Gasteiger partial charge in [0.1, 0.15) is 10.6 Å². The van der Waals surface area contributed by atoms with Crippen LogP contribution in [0, 0.1) is 0 Å². The Morgan fingerprint density at radius 3 is 2.81 bits per heavy atom. The molecule has 106 valence electrons. The van der Waals surface area contributed by atoms with Gasteiger partial charge in [0.25, 0.3) is 5.56 Å². The summed E-state index contributed by atoms with van der Waals surface area (Å²) in [5.74, 6) is 0.816. The van der Waals surface area contributed by atoms with E-state index in [2.05, 4.69) is 15.3 Å². The Morgan fingerprint density at radius 1 is 1.24 bits per heavy atom. The molecule has 1 aromatic carbocycles. The number of hydrogen-bond donors (Lipinski definition) is 1. The van der Waals surface area contributed by atoms with Gasteiger partial charge in [-0.3, -0.25) is 4.79 Å². The Kier molecular flexibility index (Phi) is 3.79. The highest BCUT2D eigenvalue weighted by molar-refractivity contribution is 7.21.